The van der Waals surface area contributed by atoms with Gasteiger partial charge in [0.15, 0.2) is 0 Å². The van der Waals surface area contributed by atoms with E-state index in [-0.39, 0.29) is 0 Å². The Hall–Kier alpha value is 0.495. The van der Waals surface area contributed by atoms with Crippen molar-refractivity contribution in [1.29, 1.82) is 0 Å². The summed E-state index contributed by atoms with van der Waals surface area (Å²) in [5.41, 5.74) is 0. The first kappa shape index (κ1) is 18.5. The van der Waals surface area contributed by atoms with Crippen molar-refractivity contribution in [1.82, 2.24) is 0 Å². The topological polar surface area (TPSA) is 0 Å². The fraction of sp³-hybridized carbons (Fsp3) is 1.00. The predicted molar refractivity (Wildman–Crippen MR) is 94.6 cm³/mol. The van der Waals surface area contributed by atoms with Gasteiger partial charge in [-0.1, -0.05) is 0 Å². The van der Waals surface area contributed by atoms with Crippen LogP contribution in [0.4, 0.5) is 0 Å². The van der Waals surface area contributed by atoms with Crippen LogP contribution in [0.15, 0.2) is 0 Å². The molecule has 0 radical (unpaired) electrons. The van der Waals surface area contributed by atoms with Crippen LogP contribution in [0.25, 0.3) is 0 Å². The van der Waals surface area contributed by atoms with E-state index in [1.54, 1.807) is 24.6 Å². The van der Waals surface area contributed by atoms with Crippen LogP contribution in [-0.4, -0.2) is 32.2 Å². The van der Waals surface area contributed by atoms with Gasteiger partial charge in [-0.2, -0.15) is 0 Å². The van der Waals surface area contributed by atoms with Gasteiger partial charge in [0, 0.05) is 0 Å². The molecule has 0 heterocycles. The van der Waals surface area contributed by atoms with E-state index in [0.29, 0.717) is 0 Å². The molecular weight excluding hydrogens is 234 g/mol. The second-order valence-corrected chi connectivity index (χ2v) is 13.9. The maximum absolute atomic E-state index is 2.77. The van der Waals surface area contributed by atoms with Crippen molar-refractivity contribution >= 4 is 14.0 Å². The molecule has 0 aliphatic heterocycles. The van der Waals surface area contributed by atoms with Gasteiger partial charge in [-0.3, -0.25) is 0 Å². The molecule has 0 rings (SSSR count). The molecule has 0 aromatic rings. The van der Waals surface area contributed by atoms with Gasteiger partial charge in [-0.25, -0.2) is 0 Å². The Kier molecular flexibility index (Phi) is 9.67. The summed E-state index contributed by atoms with van der Waals surface area (Å²) in [5, 5.41) is 0. The summed E-state index contributed by atoms with van der Waals surface area (Å²) in [6.45, 7) is 8.09. The molecule has 18 heavy (non-hydrogen) atoms. The summed E-state index contributed by atoms with van der Waals surface area (Å²) < 4.78 is 0. The zero-order chi connectivity index (χ0) is 13.9. The third kappa shape index (κ3) is 6.60. The van der Waals surface area contributed by atoms with Gasteiger partial charge >= 0.3 is 118 Å². The molecule has 0 aliphatic carbocycles. The Balaban J connectivity index is 4.82. The van der Waals surface area contributed by atoms with Crippen LogP contribution in [0.5, 0.6) is 0 Å². The molecule has 0 aliphatic rings. The third-order valence-electron chi connectivity index (χ3n) is 4.84. The standard InChI is InChI=1S/C16H38BP/c1-5-9-13-18(17,14-10-6-2,15-11-7-3)16-12-8-4/h5-17H2,1-4H3. The van der Waals surface area contributed by atoms with Crippen LogP contribution < -0.4 is 0 Å². The SMILES string of the molecule is BP(CCCC)(CCCC)(CCCC)CCCC. The van der Waals surface area contributed by atoms with E-state index in [1.807, 2.05) is 0 Å². The zero-order valence-corrected chi connectivity index (χ0v) is 14.8. The van der Waals surface area contributed by atoms with E-state index in [1.165, 1.54) is 51.4 Å². The molecule has 0 nitrogen and oxygen atoms in total. The molecule has 0 atom stereocenters. The molecule has 0 aromatic carbocycles. The van der Waals surface area contributed by atoms with Crippen molar-refractivity contribution in [2.45, 2.75) is 79.1 Å². The minimum absolute atomic E-state index is 1.36. The Morgan fingerprint density at radius 2 is 0.778 bits per heavy atom. The minimum atomic E-state index is -1.36. The molecule has 0 aromatic heterocycles. The summed E-state index contributed by atoms with van der Waals surface area (Å²) in [7, 11) is 2.77. The van der Waals surface area contributed by atoms with Gasteiger partial charge in [0.1, 0.15) is 0 Å². The molecule has 0 unspecified atom stereocenters. The molecule has 0 N–H and O–H groups in total. The van der Waals surface area contributed by atoms with Crippen molar-refractivity contribution in [2.24, 2.45) is 0 Å². The second kappa shape index (κ2) is 9.41. The van der Waals surface area contributed by atoms with Gasteiger partial charge < -0.3 is 0 Å². The molecule has 2 heteroatoms. The molecule has 0 saturated heterocycles. The summed E-state index contributed by atoms with van der Waals surface area (Å²) in [5.74, 6) is 0. The van der Waals surface area contributed by atoms with Gasteiger partial charge in [-0.05, 0) is 0 Å². The fourth-order valence-corrected chi connectivity index (χ4v) is 9.83. The molecule has 0 bridgehead atoms. The fourth-order valence-electron chi connectivity index (χ4n) is 3.28. The van der Waals surface area contributed by atoms with Crippen LogP contribution in [0.3, 0.4) is 0 Å². The van der Waals surface area contributed by atoms with E-state index < -0.39 is 6.48 Å². The first-order valence-electron chi connectivity index (χ1n) is 8.54. The molecule has 110 valence electrons. The quantitative estimate of drug-likeness (QED) is 0.334. The zero-order valence-electron chi connectivity index (χ0n) is 13.9. The van der Waals surface area contributed by atoms with Crippen LogP contribution in [0, 0.1) is 0 Å². The number of hydrogen-bond donors (Lipinski definition) is 0. The Bertz CT molecular complexity index is 160. The van der Waals surface area contributed by atoms with Crippen LogP contribution >= 0.6 is 6.48 Å². The number of rotatable bonds is 12. The van der Waals surface area contributed by atoms with E-state index in [2.05, 4.69) is 35.3 Å². The normalized spacial score (nSPS) is 14.3. The summed E-state index contributed by atoms with van der Waals surface area (Å²) >= 11 is 0. The number of unbranched alkanes of at least 4 members (excludes halogenated alkanes) is 4. The van der Waals surface area contributed by atoms with Crippen molar-refractivity contribution in [3.8, 4) is 0 Å². The molecule has 0 saturated carbocycles. The second-order valence-electron chi connectivity index (χ2n) is 6.92. The summed E-state index contributed by atoms with van der Waals surface area (Å²) in [4.78, 5) is 0. The van der Waals surface area contributed by atoms with Gasteiger partial charge in [0.2, 0.25) is 0 Å². The Morgan fingerprint density at radius 1 is 0.556 bits per heavy atom. The molecular formula is C16H38BP. The summed E-state index contributed by atoms with van der Waals surface area (Å²) in [6, 6.07) is 0. The van der Waals surface area contributed by atoms with E-state index in [9.17, 15) is 0 Å². The Morgan fingerprint density at radius 3 is 0.944 bits per heavy atom. The summed E-state index contributed by atoms with van der Waals surface area (Å²) in [6.07, 6.45) is 17.8. The van der Waals surface area contributed by atoms with E-state index >= 15 is 0 Å². The van der Waals surface area contributed by atoms with E-state index in [4.69, 9.17) is 0 Å². The monoisotopic (exact) mass is 272 g/mol. The molecule has 0 fully saturated rings. The first-order chi connectivity index (χ1) is 8.54. The van der Waals surface area contributed by atoms with Crippen molar-refractivity contribution in [2.75, 3.05) is 24.6 Å². The van der Waals surface area contributed by atoms with Crippen LogP contribution in [0.2, 0.25) is 0 Å². The van der Waals surface area contributed by atoms with Gasteiger partial charge in [0.05, 0.1) is 0 Å². The van der Waals surface area contributed by atoms with Crippen molar-refractivity contribution < 1.29 is 0 Å². The average molecular weight is 272 g/mol. The van der Waals surface area contributed by atoms with Crippen molar-refractivity contribution in [3.05, 3.63) is 0 Å². The van der Waals surface area contributed by atoms with E-state index in [0.717, 1.165) is 0 Å². The number of hydrogen-bond acceptors (Lipinski definition) is 0. The first-order valence-corrected chi connectivity index (χ1v) is 12.0. The maximum atomic E-state index is 2.77. The Labute approximate surface area is 118 Å². The third-order valence-corrected chi connectivity index (χ3v) is 11.7. The van der Waals surface area contributed by atoms with Crippen LogP contribution in [-0.2, 0) is 0 Å². The van der Waals surface area contributed by atoms with Crippen LogP contribution in [0.1, 0.15) is 79.1 Å². The van der Waals surface area contributed by atoms with Gasteiger partial charge in [-0.15, -0.1) is 0 Å². The molecule has 0 amide bonds. The van der Waals surface area contributed by atoms with Crippen molar-refractivity contribution in [3.63, 3.8) is 0 Å². The predicted octanol–water partition coefficient (Wildman–Crippen LogP) is 5.29. The molecule has 0 spiro atoms. The average Bonchev–Trinajstić information content (AvgIpc) is 2.40. The van der Waals surface area contributed by atoms with Gasteiger partial charge in [0.25, 0.3) is 0 Å².